The van der Waals surface area contributed by atoms with Gasteiger partial charge in [-0.15, -0.1) is 6.58 Å². The van der Waals surface area contributed by atoms with Crippen molar-refractivity contribution < 1.29 is 19.5 Å². The lowest BCUT2D eigenvalue weighted by Crippen LogP contribution is -2.19. The molecule has 0 saturated carbocycles. The molecule has 0 fully saturated rings. The van der Waals surface area contributed by atoms with E-state index in [2.05, 4.69) is 16.6 Å². The Bertz CT molecular complexity index is 725. The van der Waals surface area contributed by atoms with E-state index < -0.39 is 5.97 Å². The molecule has 0 bridgehead atoms. The van der Waals surface area contributed by atoms with Crippen molar-refractivity contribution in [3.05, 3.63) is 78.4 Å². The Labute approximate surface area is 140 Å². The smallest absolute Gasteiger partial charge is 0.358 e. The number of para-hydroxylation sites is 1. The van der Waals surface area contributed by atoms with E-state index >= 15 is 0 Å². The van der Waals surface area contributed by atoms with Crippen molar-refractivity contribution >= 4 is 11.7 Å². The zero-order valence-electron chi connectivity index (χ0n) is 13.4. The first-order chi connectivity index (χ1) is 11.7. The van der Waals surface area contributed by atoms with Gasteiger partial charge < -0.3 is 14.7 Å². The molecule has 2 rings (SSSR count). The summed E-state index contributed by atoms with van der Waals surface area (Å²) in [5.41, 5.74) is 0.993. The number of hydrogen-bond donors (Lipinski definition) is 1. The fourth-order valence-electron chi connectivity index (χ4n) is 2.34. The van der Waals surface area contributed by atoms with Gasteiger partial charge in [-0.1, -0.05) is 53.7 Å². The van der Waals surface area contributed by atoms with Crippen molar-refractivity contribution in [3.8, 4) is 5.75 Å². The summed E-state index contributed by atoms with van der Waals surface area (Å²) in [6.07, 6.45) is 1.87. The molecule has 0 aliphatic carbocycles. The summed E-state index contributed by atoms with van der Waals surface area (Å²) in [4.78, 5) is 16.2. The molecule has 124 valence electrons. The van der Waals surface area contributed by atoms with Crippen molar-refractivity contribution in [2.75, 3.05) is 7.11 Å². The van der Waals surface area contributed by atoms with Gasteiger partial charge in [-0.25, -0.2) is 4.79 Å². The van der Waals surface area contributed by atoms with E-state index in [4.69, 9.17) is 4.74 Å². The van der Waals surface area contributed by atoms with Gasteiger partial charge in [-0.05, 0) is 12.1 Å². The van der Waals surface area contributed by atoms with Gasteiger partial charge >= 0.3 is 5.97 Å². The van der Waals surface area contributed by atoms with Crippen LogP contribution in [0.5, 0.6) is 5.75 Å². The number of carbonyl (C=O) groups is 1. The third-order valence-electron chi connectivity index (χ3n) is 3.35. The van der Waals surface area contributed by atoms with Crippen LogP contribution in [0.4, 0.5) is 0 Å². The predicted octanol–water partition coefficient (Wildman–Crippen LogP) is 3.82. The fraction of sp³-hybridized carbons (Fsp3) is 0.158. The Hall–Kier alpha value is -3.08. The minimum absolute atomic E-state index is 0.168. The summed E-state index contributed by atoms with van der Waals surface area (Å²) in [5, 5.41) is 13.1. The maximum Gasteiger partial charge on any atom is 0.358 e. The Kier molecular flexibility index (Phi) is 6.14. The summed E-state index contributed by atoms with van der Waals surface area (Å²) in [7, 11) is 1.31. The van der Waals surface area contributed by atoms with E-state index in [0.717, 1.165) is 0 Å². The monoisotopic (exact) mass is 325 g/mol. The molecule has 24 heavy (non-hydrogen) atoms. The first-order valence-corrected chi connectivity index (χ1v) is 7.43. The van der Waals surface area contributed by atoms with Crippen LogP contribution < -0.4 is 4.74 Å². The number of carboxylic acids is 1. The molecule has 1 atom stereocenters. The van der Waals surface area contributed by atoms with E-state index in [1.165, 1.54) is 7.11 Å². The van der Waals surface area contributed by atoms with Gasteiger partial charge in [-0.2, -0.15) is 0 Å². The molecule has 0 spiro atoms. The van der Waals surface area contributed by atoms with Crippen LogP contribution in [-0.4, -0.2) is 23.9 Å². The Balaban J connectivity index is 2.45. The van der Waals surface area contributed by atoms with Crippen LogP contribution in [0.25, 0.3) is 0 Å². The standard InChI is InChI=1S/C19H19NO4/c1-3-9-17(24-14-10-5-4-6-11-14)15-12-7-8-13-16(15)18(19(21)22)20-23-2/h3-8,10-13,17H,1,9H2,2H3,(H,21,22). The summed E-state index contributed by atoms with van der Waals surface area (Å²) < 4.78 is 6.03. The number of nitrogens with zero attached hydrogens (tertiary/aromatic N) is 1. The van der Waals surface area contributed by atoms with Crippen LogP contribution in [0.2, 0.25) is 0 Å². The molecule has 0 saturated heterocycles. The quantitative estimate of drug-likeness (QED) is 0.455. The predicted molar refractivity (Wildman–Crippen MR) is 92.2 cm³/mol. The van der Waals surface area contributed by atoms with Gasteiger partial charge in [-0.3, -0.25) is 0 Å². The minimum atomic E-state index is -1.17. The van der Waals surface area contributed by atoms with E-state index in [0.29, 0.717) is 23.3 Å². The average Bonchev–Trinajstić information content (AvgIpc) is 2.60. The van der Waals surface area contributed by atoms with E-state index in [9.17, 15) is 9.90 Å². The summed E-state index contributed by atoms with van der Waals surface area (Å²) >= 11 is 0. The second-order valence-electron chi connectivity index (χ2n) is 4.96. The van der Waals surface area contributed by atoms with Gasteiger partial charge in [0.15, 0.2) is 5.71 Å². The lowest BCUT2D eigenvalue weighted by atomic mass is 9.96. The molecule has 1 unspecified atom stereocenters. The molecule has 0 heterocycles. The minimum Gasteiger partial charge on any atom is -0.485 e. The molecule has 5 heteroatoms. The van der Waals surface area contributed by atoms with E-state index in [-0.39, 0.29) is 11.8 Å². The molecule has 2 aromatic rings. The largest absolute Gasteiger partial charge is 0.485 e. The highest BCUT2D eigenvalue weighted by molar-refractivity contribution is 6.42. The van der Waals surface area contributed by atoms with Crippen molar-refractivity contribution in [2.45, 2.75) is 12.5 Å². The maximum atomic E-state index is 11.5. The zero-order chi connectivity index (χ0) is 17.4. The number of ether oxygens (including phenoxy) is 1. The average molecular weight is 325 g/mol. The van der Waals surface area contributed by atoms with Gasteiger partial charge in [0.25, 0.3) is 0 Å². The lowest BCUT2D eigenvalue weighted by Gasteiger charge is -2.21. The third kappa shape index (κ3) is 4.23. The highest BCUT2D eigenvalue weighted by atomic mass is 16.6. The van der Waals surface area contributed by atoms with Crippen LogP contribution in [0, 0.1) is 0 Å². The number of benzene rings is 2. The van der Waals surface area contributed by atoms with Crippen LogP contribution in [-0.2, 0) is 9.63 Å². The normalized spacial score (nSPS) is 12.3. The summed E-state index contributed by atoms with van der Waals surface area (Å²) in [6, 6.07) is 16.4. The highest BCUT2D eigenvalue weighted by Crippen LogP contribution is 2.28. The zero-order valence-corrected chi connectivity index (χ0v) is 13.4. The van der Waals surface area contributed by atoms with Crippen molar-refractivity contribution in [2.24, 2.45) is 5.16 Å². The van der Waals surface area contributed by atoms with Gasteiger partial charge in [0.1, 0.15) is 19.0 Å². The molecular weight excluding hydrogens is 306 g/mol. The number of hydrogen-bond acceptors (Lipinski definition) is 4. The lowest BCUT2D eigenvalue weighted by molar-refractivity contribution is -0.129. The number of aliphatic carboxylic acids is 1. The highest BCUT2D eigenvalue weighted by Gasteiger charge is 2.23. The topological polar surface area (TPSA) is 68.1 Å². The van der Waals surface area contributed by atoms with Crippen LogP contribution >= 0.6 is 0 Å². The fourth-order valence-corrected chi connectivity index (χ4v) is 2.34. The second-order valence-corrected chi connectivity index (χ2v) is 4.96. The van der Waals surface area contributed by atoms with E-state index in [1.54, 1.807) is 18.2 Å². The number of rotatable bonds is 8. The van der Waals surface area contributed by atoms with Crippen molar-refractivity contribution in [1.82, 2.24) is 0 Å². The Morgan fingerprint density at radius 1 is 1.21 bits per heavy atom. The summed E-state index contributed by atoms with van der Waals surface area (Å²) in [5.74, 6) is -0.471. The molecule has 1 N–H and O–H groups in total. The van der Waals surface area contributed by atoms with Gasteiger partial charge in [0.2, 0.25) is 0 Å². The molecule has 5 nitrogen and oxygen atoms in total. The molecule has 0 aliphatic heterocycles. The molecule has 0 aromatic heterocycles. The van der Waals surface area contributed by atoms with Crippen molar-refractivity contribution in [3.63, 3.8) is 0 Å². The SMILES string of the molecule is C=CCC(Oc1ccccc1)c1ccccc1C(=NOC)C(=O)O. The number of carboxylic acid groups (broad SMARTS) is 1. The molecule has 0 aliphatic rings. The molecular formula is C19H19NO4. The van der Waals surface area contributed by atoms with E-state index in [1.807, 2.05) is 42.5 Å². The molecule has 0 radical (unpaired) electrons. The Morgan fingerprint density at radius 3 is 2.50 bits per heavy atom. The van der Waals surface area contributed by atoms with Gasteiger partial charge in [0, 0.05) is 17.5 Å². The van der Waals surface area contributed by atoms with Crippen LogP contribution in [0.3, 0.4) is 0 Å². The van der Waals surface area contributed by atoms with Crippen molar-refractivity contribution in [1.29, 1.82) is 0 Å². The first-order valence-electron chi connectivity index (χ1n) is 7.43. The maximum absolute atomic E-state index is 11.5. The Morgan fingerprint density at radius 2 is 1.88 bits per heavy atom. The van der Waals surface area contributed by atoms with Crippen LogP contribution in [0.1, 0.15) is 23.7 Å². The van der Waals surface area contributed by atoms with Gasteiger partial charge in [0.05, 0.1) is 0 Å². The second kappa shape index (κ2) is 8.53. The van der Waals surface area contributed by atoms with Crippen LogP contribution in [0.15, 0.2) is 72.4 Å². The number of oxime groups is 1. The first kappa shape index (κ1) is 17.3. The molecule has 2 aromatic carbocycles. The third-order valence-corrected chi connectivity index (χ3v) is 3.35. The molecule has 0 amide bonds. The summed E-state index contributed by atoms with van der Waals surface area (Å²) in [6.45, 7) is 3.76.